The van der Waals surface area contributed by atoms with Crippen molar-refractivity contribution in [2.75, 3.05) is 25.0 Å². The Kier molecular flexibility index (Phi) is 8.66. The Bertz CT molecular complexity index is 1020. The summed E-state index contributed by atoms with van der Waals surface area (Å²) in [5, 5.41) is 6.73. The van der Waals surface area contributed by atoms with E-state index in [2.05, 4.69) is 49.8 Å². The zero-order chi connectivity index (χ0) is 21.5. The van der Waals surface area contributed by atoms with Crippen molar-refractivity contribution in [3.05, 3.63) is 84.4 Å². The van der Waals surface area contributed by atoms with Crippen molar-refractivity contribution >= 4 is 35.6 Å². The van der Waals surface area contributed by atoms with Gasteiger partial charge in [-0.1, -0.05) is 24.3 Å². The molecular weight excluding hydrogens is 520 g/mol. The van der Waals surface area contributed by atoms with Crippen LogP contribution in [0.5, 0.6) is 11.5 Å². The molecule has 32 heavy (non-hydrogen) atoms. The average Bonchev–Trinajstić information content (AvgIpc) is 3.28. The molecular formula is C24H27FIN5O. The Balaban J connectivity index is 0.00000289. The van der Waals surface area contributed by atoms with Gasteiger partial charge in [0.15, 0.2) is 17.5 Å². The molecule has 2 N–H and O–H groups in total. The molecule has 0 amide bonds. The quantitative estimate of drug-likeness (QED) is 0.269. The van der Waals surface area contributed by atoms with Gasteiger partial charge < -0.3 is 20.3 Å². The Hall–Kier alpha value is -2.88. The Morgan fingerprint density at radius 3 is 2.75 bits per heavy atom. The van der Waals surface area contributed by atoms with Crippen LogP contribution >= 0.6 is 24.0 Å². The highest BCUT2D eigenvalue weighted by molar-refractivity contribution is 14.0. The number of pyridine rings is 1. The van der Waals surface area contributed by atoms with E-state index in [0.29, 0.717) is 24.3 Å². The second kappa shape index (κ2) is 11.7. The van der Waals surface area contributed by atoms with Gasteiger partial charge in [-0.25, -0.2) is 4.39 Å². The maximum Gasteiger partial charge on any atom is 0.191 e. The molecule has 6 nitrogen and oxygen atoms in total. The summed E-state index contributed by atoms with van der Waals surface area (Å²) >= 11 is 0. The van der Waals surface area contributed by atoms with Crippen LogP contribution in [0.25, 0.3) is 0 Å². The fraction of sp³-hybridized carbons (Fsp3) is 0.250. The van der Waals surface area contributed by atoms with Gasteiger partial charge in [0, 0.05) is 44.6 Å². The minimum atomic E-state index is -0.416. The minimum absolute atomic E-state index is 0. The minimum Gasteiger partial charge on any atom is -0.453 e. The van der Waals surface area contributed by atoms with E-state index >= 15 is 0 Å². The lowest BCUT2D eigenvalue weighted by Gasteiger charge is -2.20. The lowest BCUT2D eigenvalue weighted by Crippen LogP contribution is -2.44. The van der Waals surface area contributed by atoms with Gasteiger partial charge in [0.05, 0.1) is 6.20 Å². The summed E-state index contributed by atoms with van der Waals surface area (Å²) in [6.45, 7) is 2.38. The van der Waals surface area contributed by atoms with E-state index in [1.54, 1.807) is 37.6 Å². The number of benzene rings is 2. The molecule has 0 radical (unpaired) electrons. The van der Waals surface area contributed by atoms with Crippen molar-refractivity contribution < 1.29 is 9.13 Å². The van der Waals surface area contributed by atoms with Crippen LogP contribution in [0.4, 0.5) is 10.1 Å². The van der Waals surface area contributed by atoms with Crippen molar-refractivity contribution in [1.29, 1.82) is 0 Å². The number of guanidine groups is 1. The van der Waals surface area contributed by atoms with Gasteiger partial charge in [-0.05, 0) is 48.4 Å². The van der Waals surface area contributed by atoms with Crippen molar-refractivity contribution in [1.82, 2.24) is 15.6 Å². The first-order chi connectivity index (χ1) is 15.2. The molecule has 1 aromatic heterocycles. The molecule has 8 heteroatoms. The summed E-state index contributed by atoms with van der Waals surface area (Å²) in [7, 11) is 1.74. The molecule has 1 fully saturated rings. The number of hydrogen-bond acceptors (Lipinski definition) is 4. The van der Waals surface area contributed by atoms with Gasteiger partial charge >= 0.3 is 0 Å². The van der Waals surface area contributed by atoms with E-state index < -0.39 is 5.82 Å². The third kappa shape index (κ3) is 6.32. The summed E-state index contributed by atoms with van der Waals surface area (Å²) in [5.41, 5.74) is 2.04. The molecule has 2 heterocycles. The molecule has 1 saturated heterocycles. The van der Waals surface area contributed by atoms with Gasteiger partial charge in [-0.2, -0.15) is 0 Å². The normalized spacial score (nSPS) is 15.8. The average molecular weight is 547 g/mol. The molecule has 1 atom stereocenters. The van der Waals surface area contributed by atoms with Crippen LogP contribution in [0.3, 0.4) is 0 Å². The Morgan fingerprint density at radius 1 is 1.19 bits per heavy atom. The lowest BCUT2D eigenvalue weighted by atomic mass is 10.2. The lowest BCUT2D eigenvalue weighted by molar-refractivity contribution is 0.440. The van der Waals surface area contributed by atoms with Crippen molar-refractivity contribution in [2.45, 2.75) is 19.0 Å². The molecule has 1 unspecified atom stereocenters. The maximum absolute atomic E-state index is 14.4. The van der Waals surface area contributed by atoms with Crippen molar-refractivity contribution in [3.8, 4) is 11.5 Å². The molecule has 0 aliphatic carbocycles. The monoisotopic (exact) mass is 547 g/mol. The molecule has 0 bridgehead atoms. The summed E-state index contributed by atoms with van der Waals surface area (Å²) in [4.78, 5) is 10.6. The number of nitrogens with zero attached hydrogens (tertiary/aromatic N) is 3. The third-order valence-corrected chi connectivity index (χ3v) is 5.19. The highest BCUT2D eigenvalue weighted by Crippen LogP contribution is 2.24. The first kappa shape index (κ1) is 23.8. The SMILES string of the molecule is CN=C(NCc1ccc(Oc2cccnc2)c(F)c1)NC1CCN(c2ccccc2)C1.I. The number of hydrogen-bond donors (Lipinski definition) is 2. The summed E-state index contributed by atoms with van der Waals surface area (Å²) in [6.07, 6.45) is 4.22. The van der Waals surface area contributed by atoms with Crippen LogP contribution in [0.15, 0.2) is 78.0 Å². The number of rotatable bonds is 6. The maximum atomic E-state index is 14.4. The van der Waals surface area contributed by atoms with Gasteiger partial charge in [0.2, 0.25) is 0 Å². The number of aromatic nitrogens is 1. The largest absolute Gasteiger partial charge is 0.453 e. The van der Waals surface area contributed by atoms with Crippen LogP contribution in [0.2, 0.25) is 0 Å². The highest BCUT2D eigenvalue weighted by Gasteiger charge is 2.23. The number of para-hydroxylation sites is 1. The van der Waals surface area contributed by atoms with E-state index in [9.17, 15) is 4.39 Å². The predicted molar refractivity (Wildman–Crippen MR) is 137 cm³/mol. The Morgan fingerprint density at radius 2 is 2.03 bits per heavy atom. The van der Waals surface area contributed by atoms with Gasteiger partial charge in [-0.15, -0.1) is 24.0 Å². The first-order valence-electron chi connectivity index (χ1n) is 10.3. The van der Waals surface area contributed by atoms with Gasteiger partial charge in [-0.3, -0.25) is 9.98 Å². The second-order valence-electron chi connectivity index (χ2n) is 7.39. The van der Waals surface area contributed by atoms with E-state index in [1.165, 1.54) is 11.8 Å². The summed E-state index contributed by atoms with van der Waals surface area (Å²) in [5.74, 6) is 0.959. The zero-order valence-corrected chi connectivity index (χ0v) is 20.2. The van der Waals surface area contributed by atoms with Crippen LogP contribution in [-0.4, -0.2) is 37.1 Å². The first-order valence-corrected chi connectivity index (χ1v) is 10.3. The molecule has 4 rings (SSSR count). The van der Waals surface area contributed by atoms with Gasteiger partial charge in [0.1, 0.15) is 5.75 Å². The second-order valence-corrected chi connectivity index (χ2v) is 7.39. The number of aliphatic imine (C=N–C) groups is 1. The van der Waals surface area contributed by atoms with Crippen LogP contribution in [0, 0.1) is 5.82 Å². The van der Waals surface area contributed by atoms with Crippen molar-refractivity contribution in [2.24, 2.45) is 4.99 Å². The standard InChI is InChI=1S/C24H26FN5O.HI/c1-26-24(29-19-11-13-30(17-19)20-6-3-2-4-7-20)28-15-18-9-10-23(22(25)14-18)31-21-8-5-12-27-16-21;/h2-10,12,14,16,19H,11,13,15,17H2,1H3,(H2,26,28,29);1H. The molecule has 168 valence electrons. The van der Waals surface area contributed by atoms with E-state index in [4.69, 9.17) is 4.74 Å². The van der Waals surface area contributed by atoms with E-state index in [0.717, 1.165) is 25.1 Å². The van der Waals surface area contributed by atoms with Crippen molar-refractivity contribution in [3.63, 3.8) is 0 Å². The number of nitrogens with one attached hydrogen (secondary N) is 2. The number of anilines is 1. The molecule has 0 saturated carbocycles. The highest BCUT2D eigenvalue weighted by atomic mass is 127. The number of halogens is 2. The summed E-state index contributed by atoms with van der Waals surface area (Å²) < 4.78 is 20.0. The van der Waals surface area contributed by atoms with Crippen LogP contribution in [-0.2, 0) is 6.54 Å². The Labute approximate surface area is 204 Å². The number of ether oxygens (including phenoxy) is 1. The molecule has 3 aromatic rings. The molecule has 2 aromatic carbocycles. The topological polar surface area (TPSA) is 61.8 Å². The smallest absolute Gasteiger partial charge is 0.191 e. The molecule has 0 spiro atoms. The fourth-order valence-corrected chi connectivity index (χ4v) is 3.60. The van der Waals surface area contributed by atoms with E-state index in [1.807, 2.05) is 12.1 Å². The summed E-state index contributed by atoms with van der Waals surface area (Å²) in [6, 6.07) is 19.1. The van der Waals surface area contributed by atoms with Crippen LogP contribution < -0.4 is 20.3 Å². The fourth-order valence-electron chi connectivity index (χ4n) is 3.60. The molecule has 1 aliphatic heterocycles. The zero-order valence-electron chi connectivity index (χ0n) is 17.9. The van der Waals surface area contributed by atoms with Crippen LogP contribution in [0.1, 0.15) is 12.0 Å². The van der Waals surface area contributed by atoms with E-state index in [-0.39, 0.29) is 29.7 Å². The predicted octanol–water partition coefficient (Wildman–Crippen LogP) is 4.57. The van der Waals surface area contributed by atoms with Gasteiger partial charge in [0.25, 0.3) is 0 Å². The molecule has 1 aliphatic rings. The third-order valence-electron chi connectivity index (χ3n) is 5.19.